The van der Waals surface area contributed by atoms with Gasteiger partial charge < -0.3 is 0 Å². The number of aromatic nitrogens is 4. The van der Waals surface area contributed by atoms with Gasteiger partial charge >= 0.3 is 0 Å². The minimum absolute atomic E-state index is 0.880. The van der Waals surface area contributed by atoms with Crippen molar-refractivity contribution in [2.45, 2.75) is 0 Å². The standard InChI is InChI=1S/C12H4Br2N4S3/c13-7-3-15-11(19-7)5-1-2-6(10-9(5)17-21-18-10)12-16-4-8(14)20-12/h1-4H. The van der Waals surface area contributed by atoms with Crippen molar-refractivity contribution in [2.24, 2.45) is 0 Å². The van der Waals surface area contributed by atoms with E-state index in [-0.39, 0.29) is 0 Å². The number of fused-ring (bicyclic) bond motifs is 1. The molecule has 1 aromatic carbocycles. The molecule has 0 unspecified atom stereocenters. The van der Waals surface area contributed by atoms with Gasteiger partial charge in [0.15, 0.2) is 0 Å². The predicted octanol–water partition coefficient (Wildman–Crippen LogP) is 5.46. The normalized spacial score (nSPS) is 11.3. The smallest absolute Gasteiger partial charge is 0.126 e. The third-order valence-corrected chi connectivity index (χ3v) is 6.38. The number of hydrogen-bond donors (Lipinski definition) is 0. The third-order valence-electron chi connectivity index (χ3n) is 2.83. The van der Waals surface area contributed by atoms with Crippen LogP contribution in [0, 0.1) is 0 Å². The molecule has 0 aliphatic rings. The summed E-state index contributed by atoms with van der Waals surface area (Å²) >= 11 is 11.3. The van der Waals surface area contributed by atoms with Crippen molar-refractivity contribution in [2.75, 3.05) is 0 Å². The molecule has 0 radical (unpaired) electrons. The Morgan fingerprint density at radius 1 is 0.762 bits per heavy atom. The highest BCUT2D eigenvalue weighted by Crippen LogP contribution is 2.38. The van der Waals surface area contributed by atoms with Crippen molar-refractivity contribution < 1.29 is 0 Å². The van der Waals surface area contributed by atoms with Crippen LogP contribution in [0.5, 0.6) is 0 Å². The summed E-state index contributed by atoms with van der Waals surface area (Å²) < 4.78 is 10.9. The zero-order valence-corrected chi connectivity index (χ0v) is 15.7. The molecule has 4 aromatic rings. The van der Waals surface area contributed by atoms with E-state index in [0.29, 0.717) is 0 Å². The molecule has 9 heteroatoms. The molecule has 0 spiro atoms. The van der Waals surface area contributed by atoms with Crippen molar-refractivity contribution in [1.29, 1.82) is 0 Å². The van der Waals surface area contributed by atoms with Gasteiger partial charge in [-0.25, -0.2) is 9.97 Å². The van der Waals surface area contributed by atoms with E-state index < -0.39 is 0 Å². The molecule has 0 atom stereocenters. The number of nitrogens with zero attached hydrogens (tertiary/aromatic N) is 4. The molecule has 104 valence electrons. The summed E-state index contributed by atoms with van der Waals surface area (Å²) in [5, 5.41) is 1.87. The minimum atomic E-state index is 0.880. The highest BCUT2D eigenvalue weighted by Gasteiger charge is 2.16. The van der Waals surface area contributed by atoms with Crippen LogP contribution in [0.25, 0.3) is 32.2 Å². The average Bonchev–Trinajstić information content (AvgIpc) is 3.18. The number of halogens is 2. The highest BCUT2D eigenvalue weighted by molar-refractivity contribution is 9.11. The van der Waals surface area contributed by atoms with Gasteiger partial charge in [0.2, 0.25) is 0 Å². The largest absolute Gasteiger partial charge is 0.243 e. The molecule has 3 heterocycles. The van der Waals surface area contributed by atoms with E-state index in [4.69, 9.17) is 0 Å². The Labute approximate surface area is 148 Å². The van der Waals surface area contributed by atoms with Crippen molar-refractivity contribution in [3.8, 4) is 21.1 Å². The molecule has 0 aliphatic heterocycles. The van der Waals surface area contributed by atoms with Gasteiger partial charge in [-0.2, -0.15) is 8.75 Å². The topological polar surface area (TPSA) is 51.6 Å². The molecular weight excluding hydrogens is 456 g/mol. The van der Waals surface area contributed by atoms with Crippen molar-refractivity contribution >= 4 is 77.3 Å². The monoisotopic (exact) mass is 458 g/mol. The minimum Gasteiger partial charge on any atom is -0.243 e. The van der Waals surface area contributed by atoms with Crippen molar-refractivity contribution in [1.82, 2.24) is 18.7 Å². The van der Waals surface area contributed by atoms with Crippen LogP contribution in [-0.2, 0) is 0 Å². The van der Waals surface area contributed by atoms with Gasteiger partial charge in [0, 0.05) is 11.1 Å². The highest BCUT2D eigenvalue weighted by atomic mass is 79.9. The Bertz CT molecular complexity index is 869. The lowest BCUT2D eigenvalue weighted by Crippen LogP contribution is -1.84. The first-order valence-corrected chi connectivity index (χ1v) is 9.66. The fraction of sp³-hybridized carbons (Fsp3) is 0. The first kappa shape index (κ1) is 13.9. The zero-order chi connectivity index (χ0) is 14.4. The van der Waals surface area contributed by atoms with Crippen molar-refractivity contribution in [3.63, 3.8) is 0 Å². The first-order valence-electron chi connectivity index (χ1n) is 5.71. The molecule has 21 heavy (non-hydrogen) atoms. The van der Waals surface area contributed by atoms with Gasteiger partial charge in [-0.05, 0) is 44.0 Å². The Morgan fingerprint density at radius 3 is 1.62 bits per heavy atom. The second-order valence-corrected chi connectivity index (χ2v) is 9.41. The molecule has 0 saturated heterocycles. The molecule has 0 aliphatic carbocycles. The number of rotatable bonds is 2. The van der Waals surface area contributed by atoms with E-state index in [1.807, 2.05) is 12.1 Å². The van der Waals surface area contributed by atoms with Gasteiger partial charge in [0.05, 0.1) is 31.7 Å². The van der Waals surface area contributed by atoms with E-state index in [9.17, 15) is 0 Å². The second-order valence-electron chi connectivity index (χ2n) is 4.06. The summed E-state index contributed by atoms with van der Waals surface area (Å²) in [6.45, 7) is 0. The van der Waals surface area contributed by atoms with Crippen LogP contribution in [0.2, 0.25) is 0 Å². The number of thiazole rings is 2. The molecule has 3 aromatic heterocycles. The van der Waals surface area contributed by atoms with Crippen LogP contribution < -0.4 is 0 Å². The maximum Gasteiger partial charge on any atom is 0.126 e. The van der Waals surface area contributed by atoms with Crippen LogP contribution in [-0.4, -0.2) is 18.7 Å². The molecule has 0 saturated carbocycles. The second kappa shape index (κ2) is 5.47. The van der Waals surface area contributed by atoms with Crippen LogP contribution >= 0.6 is 66.3 Å². The lowest BCUT2D eigenvalue weighted by atomic mass is 10.1. The molecule has 4 rings (SSSR count). The summed E-state index contributed by atoms with van der Waals surface area (Å²) in [5.41, 5.74) is 3.78. The van der Waals surface area contributed by atoms with E-state index in [1.54, 1.807) is 35.1 Å². The van der Waals surface area contributed by atoms with Crippen LogP contribution in [0.15, 0.2) is 32.1 Å². The van der Waals surface area contributed by atoms with E-state index in [2.05, 4.69) is 50.6 Å². The van der Waals surface area contributed by atoms with Crippen LogP contribution in [0.4, 0.5) is 0 Å². The fourth-order valence-electron chi connectivity index (χ4n) is 1.97. The summed E-state index contributed by atoms with van der Waals surface area (Å²) in [5.74, 6) is 0. The lowest BCUT2D eigenvalue weighted by molar-refractivity contribution is 1.40. The van der Waals surface area contributed by atoms with Gasteiger partial charge in [0.1, 0.15) is 21.0 Å². The quantitative estimate of drug-likeness (QED) is 0.399. The van der Waals surface area contributed by atoms with Crippen LogP contribution in [0.3, 0.4) is 0 Å². The predicted molar refractivity (Wildman–Crippen MR) is 95.0 cm³/mol. The SMILES string of the molecule is Brc1cnc(-c2ccc(-c3ncc(Br)s3)c3nsnc23)s1. The van der Waals surface area contributed by atoms with Gasteiger partial charge in [0.25, 0.3) is 0 Å². The fourth-order valence-corrected chi connectivity index (χ4v) is 5.01. The molecule has 0 amide bonds. The van der Waals surface area contributed by atoms with Crippen LogP contribution in [0.1, 0.15) is 0 Å². The summed E-state index contributed by atoms with van der Waals surface area (Å²) in [6, 6.07) is 4.08. The van der Waals surface area contributed by atoms with E-state index >= 15 is 0 Å². The Morgan fingerprint density at radius 2 is 1.24 bits per heavy atom. The summed E-state index contributed by atoms with van der Waals surface area (Å²) in [4.78, 5) is 8.82. The van der Waals surface area contributed by atoms with Crippen molar-refractivity contribution in [3.05, 3.63) is 32.1 Å². The van der Waals surface area contributed by atoms with E-state index in [0.717, 1.165) is 39.7 Å². The third kappa shape index (κ3) is 2.46. The maximum atomic E-state index is 4.44. The van der Waals surface area contributed by atoms with Gasteiger partial charge in [-0.3, -0.25) is 0 Å². The Hall–Kier alpha value is -0.740. The average molecular weight is 460 g/mol. The molecule has 0 N–H and O–H groups in total. The summed E-state index contributed by atoms with van der Waals surface area (Å²) in [7, 11) is 0. The number of benzene rings is 1. The molecule has 0 fully saturated rings. The molecule has 4 nitrogen and oxygen atoms in total. The molecular formula is C12H4Br2N4S3. The van der Waals surface area contributed by atoms with E-state index in [1.165, 1.54) is 11.7 Å². The molecule has 0 bridgehead atoms. The first-order chi connectivity index (χ1) is 10.2. The lowest BCUT2D eigenvalue weighted by Gasteiger charge is -2.01. The van der Waals surface area contributed by atoms with Gasteiger partial charge in [-0.15, -0.1) is 22.7 Å². The zero-order valence-electron chi connectivity index (χ0n) is 10.1. The maximum absolute atomic E-state index is 4.44. The number of hydrogen-bond acceptors (Lipinski definition) is 7. The Kier molecular flexibility index (Phi) is 3.62. The van der Waals surface area contributed by atoms with Gasteiger partial charge in [-0.1, -0.05) is 0 Å². The summed E-state index contributed by atoms with van der Waals surface area (Å²) in [6.07, 6.45) is 3.61. The Balaban J connectivity index is 1.96.